The molecule has 2 heterocycles. The first kappa shape index (κ1) is 14.0. The van der Waals surface area contributed by atoms with Gasteiger partial charge in [-0.15, -0.1) is 0 Å². The fraction of sp³-hybridized carbons (Fsp3) is 0.571. The average Bonchev–Trinajstić information content (AvgIpc) is 2.71. The van der Waals surface area contributed by atoms with E-state index in [0.717, 1.165) is 31.2 Å². The standard InChI is InChI=1S/C14H19FN2O2S/c1-9-2-5-13(15)14(6-9)20(18,19)17-12-7-10-3-4-11(8-12)16-10/h2,5-6,10-12,16-17H,3-4,7-8H2,1H3. The quantitative estimate of drug-likeness (QED) is 0.893. The Morgan fingerprint density at radius 3 is 2.55 bits per heavy atom. The van der Waals surface area contributed by atoms with E-state index in [1.807, 2.05) is 0 Å². The highest BCUT2D eigenvalue weighted by molar-refractivity contribution is 7.89. The van der Waals surface area contributed by atoms with Crippen LogP contribution in [0, 0.1) is 12.7 Å². The van der Waals surface area contributed by atoms with Gasteiger partial charge in [0.05, 0.1) is 0 Å². The lowest BCUT2D eigenvalue weighted by Crippen LogP contribution is -2.48. The SMILES string of the molecule is Cc1ccc(F)c(S(=O)(=O)NC2CC3CCC(C2)N3)c1. The molecule has 2 bridgehead atoms. The Balaban J connectivity index is 1.80. The molecule has 2 aliphatic rings. The lowest BCUT2D eigenvalue weighted by atomic mass is 10.0. The highest BCUT2D eigenvalue weighted by Gasteiger charge is 2.35. The minimum atomic E-state index is -3.78. The van der Waals surface area contributed by atoms with E-state index in [2.05, 4.69) is 10.0 Å². The zero-order valence-electron chi connectivity index (χ0n) is 11.4. The van der Waals surface area contributed by atoms with Crippen molar-refractivity contribution in [2.24, 2.45) is 0 Å². The van der Waals surface area contributed by atoms with Crippen molar-refractivity contribution in [3.05, 3.63) is 29.6 Å². The molecule has 0 aromatic heterocycles. The number of piperidine rings is 1. The first-order chi connectivity index (χ1) is 9.44. The van der Waals surface area contributed by atoms with E-state index in [-0.39, 0.29) is 10.9 Å². The Labute approximate surface area is 118 Å². The summed E-state index contributed by atoms with van der Waals surface area (Å²) in [6, 6.07) is 4.84. The lowest BCUT2D eigenvalue weighted by molar-refractivity contribution is 0.345. The van der Waals surface area contributed by atoms with Crippen LogP contribution in [0.1, 0.15) is 31.2 Å². The topological polar surface area (TPSA) is 58.2 Å². The van der Waals surface area contributed by atoms with Gasteiger partial charge in [-0.05, 0) is 50.3 Å². The van der Waals surface area contributed by atoms with Gasteiger partial charge >= 0.3 is 0 Å². The molecular weight excluding hydrogens is 279 g/mol. The highest BCUT2D eigenvalue weighted by Crippen LogP contribution is 2.28. The molecule has 2 atom stereocenters. The smallest absolute Gasteiger partial charge is 0.243 e. The van der Waals surface area contributed by atoms with Crippen LogP contribution >= 0.6 is 0 Å². The van der Waals surface area contributed by atoms with Crippen LogP contribution in [0.4, 0.5) is 4.39 Å². The summed E-state index contributed by atoms with van der Waals surface area (Å²) in [4.78, 5) is -0.247. The van der Waals surface area contributed by atoms with E-state index in [9.17, 15) is 12.8 Å². The van der Waals surface area contributed by atoms with Gasteiger partial charge in [-0.2, -0.15) is 0 Å². The van der Waals surface area contributed by atoms with Crippen LogP contribution in [0.5, 0.6) is 0 Å². The normalized spacial score (nSPS) is 29.6. The summed E-state index contributed by atoms with van der Waals surface area (Å²) in [7, 11) is -3.78. The summed E-state index contributed by atoms with van der Waals surface area (Å²) in [5.41, 5.74) is 0.733. The van der Waals surface area contributed by atoms with Crippen molar-refractivity contribution in [3.63, 3.8) is 0 Å². The second kappa shape index (κ2) is 5.09. The fourth-order valence-corrected chi connectivity index (χ4v) is 4.68. The Hall–Kier alpha value is -0.980. The predicted octanol–water partition coefficient (Wildman–Crippen LogP) is 1.70. The third-order valence-electron chi connectivity index (χ3n) is 4.17. The minimum absolute atomic E-state index is 0.0985. The molecule has 3 rings (SSSR count). The molecule has 0 aliphatic carbocycles. The third-order valence-corrected chi connectivity index (χ3v) is 5.71. The van der Waals surface area contributed by atoms with Gasteiger partial charge in [0, 0.05) is 18.1 Å². The molecule has 0 amide bonds. The lowest BCUT2D eigenvalue weighted by Gasteiger charge is -2.29. The van der Waals surface area contributed by atoms with E-state index in [4.69, 9.17) is 0 Å². The minimum Gasteiger partial charge on any atom is -0.311 e. The molecule has 2 fully saturated rings. The molecule has 20 heavy (non-hydrogen) atoms. The average molecular weight is 298 g/mol. The molecule has 1 aromatic carbocycles. The Morgan fingerprint density at radius 2 is 1.90 bits per heavy atom. The highest BCUT2D eigenvalue weighted by atomic mass is 32.2. The maximum Gasteiger partial charge on any atom is 0.243 e. The summed E-state index contributed by atoms with van der Waals surface area (Å²) in [6.07, 6.45) is 3.76. The zero-order valence-corrected chi connectivity index (χ0v) is 12.2. The monoisotopic (exact) mass is 298 g/mol. The number of aryl methyl sites for hydroxylation is 1. The van der Waals surface area contributed by atoms with Crippen LogP contribution in [0.25, 0.3) is 0 Å². The van der Waals surface area contributed by atoms with Crippen molar-refractivity contribution < 1.29 is 12.8 Å². The van der Waals surface area contributed by atoms with E-state index in [1.54, 1.807) is 13.0 Å². The Bertz CT molecular complexity index is 606. The molecule has 110 valence electrons. The summed E-state index contributed by atoms with van der Waals surface area (Å²) in [6.45, 7) is 1.75. The maximum absolute atomic E-state index is 13.8. The number of sulfonamides is 1. The van der Waals surface area contributed by atoms with Crippen molar-refractivity contribution in [1.82, 2.24) is 10.0 Å². The van der Waals surface area contributed by atoms with E-state index < -0.39 is 15.8 Å². The molecule has 0 saturated carbocycles. The Kier molecular flexibility index (Phi) is 3.56. The van der Waals surface area contributed by atoms with Gasteiger partial charge in [-0.3, -0.25) is 0 Å². The van der Waals surface area contributed by atoms with Crippen molar-refractivity contribution >= 4 is 10.0 Å². The second-order valence-corrected chi connectivity index (χ2v) is 7.54. The summed E-state index contributed by atoms with van der Waals surface area (Å²) in [5, 5.41) is 3.46. The van der Waals surface area contributed by atoms with E-state index >= 15 is 0 Å². The van der Waals surface area contributed by atoms with Crippen molar-refractivity contribution in [1.29, 1.82) is 0 Å². The molecule has 2 saturated heterocycles. The number of hydrogen-bond donors (Lipinski definition) is 2. The summed E-state index contributed by atoms with van der Waals surface area (Å²) < 4.78 is 41.1. The van der Waals surface area contributed by atoms with Crippen LogP contribution in [0.15, 0.2) is 23.1 Å². The third kappa shape index (κ3) is 2.73. The van der Waals surface area contributed by atoms with Crippen LogP contribution in [0.2, 0.25) is 0 Å². The fourth-order valence-electron chi connectivity index (χ4n) is 3.25. The summed E-state index contributed by atoms with van der Waals surface area (Å²) in [5.74, 6) is -0.694. The van der Waals surface area contributed by atoms with Crippen molar-refractivity contribution in [2.45, 2.75) is 55.6 Å². The maximum atomic E-state index is 13.8. The molecular formula is C14H19FN2O2S. The van der Waals surface area contributed by atoms with Gasteiger partial charge in [0.25, 0.3) is 0 Å². The van der Waals surface area contributed by atoms with Crippen LogP contribution in [0.3, 0.4) is 0 Å². The number of hydrogen-bond acceptors (Lipinski definition) is 3. The van der Waals surface area contributed by atoms with Crippen LogP contribution < -0.4 is 10.0 Å². The van der Waals surface area contributed by atoms with Crippen molar-refractivity contribution in [2.75, 3.05) is 0 Å². The molecule has 2 aliphatic heterocycles. The van der Waals surface area contributed by atoms with Crippen LogP contribution in [-0.4, -0.2) is 26.5 Å². The van der Waals surface area contributed by atoms with Crippen LogP contribution in [-0.2, 0) is 10.0 Å². The molecule has 4 nitrogen and oxygen atoms in total. The predicted molar refractivity (Wildman–Crippen MR) is 74.4 cm³/mol. The van der Waals surface area contributed by atoms with Gasteiger partial charge in [-0.1, -0.05) is 6.07 Å². The summed E-state index contributed by atoms with van der Waals surface area (Å²) >= 11 is 0. The molecule has 2 N–H and O–H groups in total. The number of fused-ring (bicyclic) bond motifs is 2. The Morgan fingerprint density at radius 1 is 1.25 bits per heavy atom. The van der Waals surface area contributed by atoms with Gasteiger partial charge in [0.2, 0.25) is 10.0 Å². The van der Waals surface area contributed by atoms with Crippen molar-refractivity contribution in [3.8, 4) is 0 Å². The van der Waals surface area contributed by atoms with Gasteiger partial charge in [-0.25, -0.2) is 17.5 Å². The number of nitrogens with one attached hydrogen (secondary N) is 2. The zero-order chi connectivity index (χ0) is 14.3. The number of rotatable bonds is 3. The van der Waals surface area contributed by atoms with Gasteiger partial charge in [0.1, 0.15) is 10.7 Å². The molecule has 6 heteroatoms. The van der Waals surface area contributed by atoms with Gasteiger partial charge in [0.15, 0.2) is 0 Å². The van der Waals surface area contributed by atoms with E-state index in [1.165, 1.54) is 12.1 Å². The number of halogens is 1. The number of benzene rings is 1. The molecule has 0 spiro atoms. The molecule has 2 unspecified atom stereocenters. The van der Waals surface area contributed by atoms with E-state index in [0.29, 0.717) is 12.1 Å². The van der Waals surface area contributed by atoms with Gasteiger partial charge < -0.3 is 5.32 Å². The second-order valence-electron chi connectivity index (χ2n) is 5.86. The molecule has 1 aromatic rings. The largest absolute Gasteiger partial charge is 0.311 e. The molecule has 0 radical (unpaired) electrons. The first-order valence-electron chi connectivity index (χ1n) is 6.98. The first-order valence-corrected chi connectivity index (χ1v) is 8.47.